The van der Waals surface area contributed by atoms with Gasteiger partial charge in [-0.2, -0.15) is 0 Å². The van der Waals surface area contributed by atoms with Crippen molar-refractivity contribution in [1.82, 2.24) is 9.80 Å². The molecule has 7 nitrogen and oxygen atoms in total. The van der Waals surface area contributed by atoms with E-state index in [-0.39, 0.29) is 23.0 Å². The van der Waals surface area contributed by atoms with E-state index in [2.05, 4.69) is 0 Å². The molecule has 2 aliphatic heterocycles. The Morgan fingerprint density at radius 2 is 2.14 bits per heavy atom. The van der Waals surface area contributed by atoms with Crippen molar-refractivity contribution in [2.24, 2.45) is 0 Å². The largest absolute Gasteiger partial charge is 0.337 e. The molecule has 2 aliphatic rings. The second kappa shape index (κ2) is 8.04. The van der Waals surface area contributed by atoms with Gasteiger partial charge in [-0.25, -0.2) is 12.8 Å². The van der Waals surface area contributed by atoms with E-state index >= 15 is 0 Å². The first-order valence-corrected chi connectivity index (χ1v) is 11.3. The number of benzene rings is 1. The van der Waals surface area contributed by atoms with Crippen LogP contribution in [0.3, 0.4) is 0 Å². The lowest BCUT2D eigenvalue weighted by Crippen LogP contribution is -2.47. The lowest BCUT2D eigenvalue weighted by molar-refractivity contribution is -0.137. The van der Waals surface area contributed by atoms with Gasteiger partial charge < -0.3 is 4.90 Å². The third-order valence-electron chi connectivity index (χ3n) is 4.62. The first kappa shape index (κ1) is 20.5. The quantitative estimate of drug-likeness (QED) is 0.668. The van der Waals surface area contributed by atoms with Crippen LogP contribution >= 0.6 is 11.8 Å². The Hall–Kier alpha value is -2.20. The third kappa shape index (κ3) is 4.44. The van der Waals surface area contributed by atoms with Crippen LogP contribution in [-0.4, -0.2) is 65.9 Å². The number of carbonyl (C=O) groups excluding carboxylic acids is 3. The van der Waals surface area contributed by atoms with E-state index in [4.69, 9.17) is 0 Å². The van der Waals surface area contributed by atoms with Gasteiger partial charge in [0.1, 0.15) is 12.4 Å². The van der Waals surface area contributed by atoms with Gasteiger partial charge in [0, 0.05) is 12.6 Å². The minimum absolute atomic E-state index is 0.0272. The highest BCUT2D eigenvalue weighted by atomic mass is 32.2. The summed E-state index contributed by atoms with van der Waals surface area (Å²) in [5.41, 5.74) is 0.433. The van der Waals surface area contributed by atoms with Crippen LogP contribution in [0.1, 0.15) is 18.9 Å². The molecule has 1 aromatic rings. The van der Waals surface area contributed by atoms with Crippen molar-refractivity contribution in [2.45, 2.75) is 19.4 Å². The van der Waals surface area contributed by atoms with E-state index in [0.717, 1.165) is 4.90 Å². The van der Waals surface area contributed by atoms with Crippen LogP contribution in [-0.2, 0) is 19.4 Å². The lowest BCUT2D eigenvalue weighted by atomic mass is 10.2. The summed E-state index contributed by atoms with van der Waals surface area (Å²) in [6, 6.07) is 5.15. The highest BCUT2D eigenvalue weighted by Crippen LogP contribution is 2.32. The van der Waals surface area contributed by atoms with Crippen LogP contribution in [0, 0.1) is 5.82 Å². The maximum absolute atomic E-state index is 13.3. The molecule has 3 rings (SSSR count). The molecule has 0 N–H and O–H groups in total. The van der Waals surface area contributed by atoms with Crippen LogP contribution in [0.2, 0.25) is 0 Å². The average molecular weight is 426 g/mol. The molecule has 1 atom stereocenters. The monoisotopic (exact) mass is 426 g/mol. The fourth-order valence-electron chi connectivity index (χ4n) is 3.27. The normalized spacial score (nSPS) is 22.9. The Labute approximate surface area is 166 Å². The van der Waals surface area contributed by atoms with Crippen molar-refractivity contribution in [1.29, 1.82) is 0 Å². The number of carbonyl (C=O) groups is 3. The lowest BCUT2D eigenvalue weighted by Gasteiger charge is -2.28. The molecule has 10 heteroatoms. The SMILES string of the molecule is CCN(C(=O)CN1C(=O)SC(=Cc2cccc(F)c2)C1=O)C1CCS(=O)(=O)C1. The summed E-state index contributed by atoms with van der Waals surface area (Å²) in [5, 5.41) is -0.587. The van der Waals surface area contributed by atoms with E-state index in [1.54, 1.807) is 13.0 Å². The molecule has 150 valence electrons. The molecule has 28 heavy (non-hydrogen) atoms. The highest BCUT2D eigenvalue weighted by Gasteiger charge is 2.39. The number of sulfone groups is 1. The smallest absolute Gasteiger partial charge is 0.294 e. The van der Waals surface area contributed by atoms with Crippen molar-refractivity contribution in [3.63, 3.8) is 0 Å². The van der Waals surface area contributed by atoms with Gasteiger partial charge in [-0.15, -0.1) is 0 Å². The highest BCUT2D eigenvalue weighted by molar-refractivity contribution is 8.18. The molecule has 3 amide bonds. The fourth-order valence-corrected chi connectivity index (χ4v) is 5.84. The molecule has 2 heterocycles. The van der Waals surface area contributed by atoms with Crippen molar-refractivity contribution >= 4 is 44.7 Å². The molecular formula is C18H19FN2O5S2. The number of amides is 3. The molecule has 0 bridgehead atoms. The number of likely N-dealkylation sites (N-methyl/N-ethyl adjacent to an activating group) is 1. The molecule has 2 saturated heterocycles. The predicted molar refractivity (Wildman–Crippen MR) is 104 cm³/mol. The van der Waals surface area contributed by atoms with E-state index in [0.29, 0.717) is 23.7 Å². The molecule has 0 aliphatic carbocycles. The number of hydrogen-bond acceptors (Lipinski definition) is 6. The summed E-state index contributed by atoms with van der Waals surface area (Å²) in [7, 11) is -3.17. The van der Waals surface area contributed by atoms with Gasteiger partial charge >= 0.3 is 0 Å². The fraction of sp³-hybridized carbons (Fsp3) is 0.389. The molecule has 0 saturated carbocycles. The third-order valence-corrected chi connectivity index (χ3v) is 7.28. The first-order valence-electron chi connectivity index (χ1n) is 8.71. The Morgan fingerprint density at radius 3 is 2.75 bits per heavy atom. The minimum atomic E-state index is -3.17. The molecule has 0 spiro atoms. The van der Waals surface area contributed by atoms with Crippen LogP contribution in [0.5, 0.6) is 0 Å². The summed E-state index contributed by atoms with van der Waals surface area (Å²) < 4.78 is 36.7. The second-order valence-electron chi connectivity index (χ2n) is 6.56. The summed E-state index contributed by atoms with van der Waals surface area (Å²) in [4.78, 5) is 39.7. The standard InChI is InChI=1S/C18H19FN2O5S2/c1-2-20(14-6-7-28(25,26)11-14)16(22)10-21-17(23)15(27-18(21)24)9-12-4-3-5-13(19)8-12/h3-5,8-9,14H,2,6-7,10-11H2,1H3. The molecule has 1 aromatic carbocycles. The van der Waals surface area contributed by atoms with Crippen molar-refractivity contribution in [3.05, 3.63) is 40.6 Å². The molecule has 0 aromatic heterocycles. The molecular weight excluding hydrogens is 407 g/mol. The number of halogens is 1. The first-order chi connectivity index (χ1) is 13.2. The second-order valence-corrected chi connectivity index (χ2v) is 9.78. The van der Waals surface area contributed by atoms with E-state index in [9.17, 15) is 27.2 Å². The number of rotatable bonds is 5. The summed E-state index contributed by atoms with van der Waals surface area (Å²) in [6.07, 6.45) is 1.75. The Bertz CT molecular complexity index is 960. The van der Waals surface area contributed by atoms with E-state index < -0.39 is 45.3 Å². The predicted octanol–water partition coefficient (Wildman–Crippen LogP) is 1.90. The van der Waals surface area contributed by atoms with Crippen molar-refractivity contribution in [2.75, 3.05) is 24.6 Å². The average Bonchev–Trinajstić information content (AvgIpc) is 3.10. The Balaban J connectivity index is 1.72. The molecule has 1 unspecified atom stereocenters. The van der Waals surface area contributed by atoms with Gasteiger partial charge in [0.05, 0.1) is 16.4 Å². The zero-order chi connectivity index (χ0) is 20.5. The Kier molecular flexibility index (Phi) is 5.90. The van der Waals surface area contributed by atoms with Gasteiger partial charge in [-0.3, -0.25) is 19.3 Å². The number of nitrogens with zero attached hydrogens (tertiary/aromatic N) is 2. The van der Waals surface area contributed by atoms with Crippen LogP contribution in [0.15, 0.2) is 29.2 Å². The zero-order valence-electron chi connectivity index (χ0n) is 15.1. The molecule has 2 fully saturated rings. The summed E-state index contributed by atoms with van der Waals surface area (Å²) in [6.45, 7) is 1.56. The summed E-state index contributed by atoms with van der Waals surface area (Å²) in [5.74, 6) is -1.64. The Morgan fingerprint density at radius 1 is 1.39 bits per heavy atom. The maximum atomic E-state index is 13.3. The van der Waals surface area contributed by atoms with Gasteiger partial charge in [0.15, 0.2) is 9.84 Å². The molecule has 0 radical (unpaired) electrons. The van der Waals surface area contributed by atoms with E-state index in [1.165, 1.54) is 29.2 Å². The number of imide groups is 1. The number of thioether (sulfide) groups is 1. The number of hydrogen-bond donors (Lipinski definition) is 0. The van der Waals surface area contributed by atoms with Crippen LogP contribution in [0.25, 0.3) is 6.08 Å². The van der Waals surface area contributed by atoms with Crippen LogP contribution in [0.4, 0.5) is 9.18 Å². The summed E-state index contributed by atoms with van der Waals surface area (Å²) >= 11 is 0.685. The van der Waals surface area contributed by atoms with Crippen molar-refractivity contribution < 1.29 is 27.2 Å². The van der Waals surface area contributed by atoms with E-state index in [1.807, 2.05) is 0 Å². The van der Waals surface area contributed by atoms with Crippen molar-refractivity contribution in [3.8, 4) is 0 Å². The minimum Gasteiger partial charge on any atom is -0.337 e. The van der Waals surface area contributed by atoms with Gasteiger partial charge in [0.2, 0.25) is 5.91 Å². The van der Waals surface area contributed by atoms with Gasteiger partial charge in [-0.1, -0.05) is 12.1 Å². The van der Waals surface area contributed by atoms with Gasteiger partial charge in [0.25, 0.3) is 11.1 Å². The van der Waals surface area contributed by atoms with Crippen LogP contribution < -0.4 is 0 Å². The maximum Gasteiger partial charge on any atom is 0.294 e. The van der Waals surface area contributed by atoms with Gasteiger partial charge in [-0.05, 0) is 48.9 Å². The topological polar surface area (TPSA) is 91.8 Å². The zero-order valence-corrected chi connectivity index (χ0v) is 16.8.